The number of pyridine rings is 1. The maximum Gasteiger partial charge on any atom is 0.141 e. The van der Waals surface area contributed by atoms with Crippen LogP contribution in [0.25, 0.3) is 17.1 Å². The average molecular weight is 240 g/mol. The van der Waals surface area contributed by atoms with Crippen molar-refractivity contribution in [1.29, 1.82) is 0 Å². The molecule has 0 saturated carbocycles. The van der Waals surface area contributed by atoms with Crippen LogP contribution in [0, 0.1) is 5.92 Å². The molecule has 3 rings (SSSR count). The summed E-state index contributed by atoms with van der Waals surface area (Å²) < 4.78 is 2.41. The lowest BCUT2D eigenvalue weighted by Gasteiger charge is -2.27. The van der Waals surface area contributed by atoms with Gasteiger partial charge in [0.15, 0.2) is 0 Å². The minimum Gasteiger partial charge on any atom is -0.324 e. The van der Waals surface area contributed by atoms with E-state index in [4.69, 9.17) is 0 Å². The normalized spacial score (nSPS) is 19.2. The number of aromatic nitrogens is 2. The van der Waals surface area contributed by atoms with Crippen LogP contribution in [0.1, 0.15) is 39.0 Å². The molecular formula is C16H20N2. The largest absolute Gasteiger partial charge is 0.324 e. The zero-order valence-electron chi connectivity index (χ0n) is 11.6. The molecule has 0 radical (unpaired) electrons. The highest BCUT2D eigenvalue weighted by Crippen LogP contribution is 2.35. The molecule has 1 aliphatic carbocycles. The molecule has 0 amide bonds. The zero-order chi connectivity index (χ0) is 12.9. The van der Waals surface area contributed by atoms with E-state index in [1.165, 1.54) is 16.6 Å². The highest BCUT2D eigenvalue weighted by Gasteiger charge is 2.26. The second-order valence-corrected chi connectivity index (χ2v) is 6.28. The number of rotatable bonds is 0. The topological polar surface area (TPSA) is 17.8 Å². The molecular weight excluding hydrogens is 220 g/mol. The van der Waals surface area contributed by atoms with Gasteiger partial charge in [0.1, 0.15) is 5.65 Å². The van der Waals surface area contributed by atoms with E-state index in [0.717, 1.165) is 12.1 Å². The molecule has 1 aliphatic rings. The third-order valence-electron chi connectivity index (χ3n) is 3.65. The van der Waals surface area contributed by atoms with E-state index in [0.29, 0.717) is 5.92 Å². The van der Waals surface area contributed by atoms with Crippen LogP contribution in [0.5, 0.6) is 0 Å². The van der Waals surface area contributed by atoms with Crippen LogP contribution in [-0.4, -0.2) is 9.55 Å². The minimum absolute atomic E-state index is 0.0745. The molecule has 2 heteroatoms. The van der Waals surface area contributed by atoms with Gasteiger partial charge in [-0.1, -0.05) is 19.1 Å². The number of hydrogen-bond acceptors (Lipinski definition) is 1. The van der Waals surface area contributed by atoms with Crippen molar-refractivity contribution < 1.29 is 0 Å². The third-order valence-corrected chi connectivity index (χ3v) is 3.65. The van der Waals surface area contributed by atoms with Crippen molar-refractivity contribution in [1.82, 2.24) is 9.55 Å². The van der Waals surface area contributed by atoms with Crippen molar-refractivity contribution in [3.8, 4) is 0 Å². The van der Waals surface area contributed by atoms with Crippen LogP contribution in [0.15, 0.2) is 24.4 Å². The van der Waals surface area contributed by atoms with Crippen molar-refractivity contribution in [3.05, 3.63) is 35.7 Å². The fourth-order valence-electron chi connectivity index (χ4n) is 2.93. The van der Waals surface area contributed by atoms with Crippen molar-refractivity contribution in [2.75, 3.05) is 0 Å². The molecule has 0 fully saturated rings. The number of allylic oxidation sites excluding steroid dienone is 1. The lowest BCUT2D eigenvalue weighted by Crippen LogP contribution is -2.25. The van der Waals surface area contributed by atoms with E-state index >= 15 is 0 Å². The number of fused-ring (bicyclic) bond motifs is 3. The Kier molecular flexibility index (Phi) is 2.37. The lowest BCUT2D eigenvalue weighted by molar-refractivity contribution is 0.391. The molecule has 1 unspecified atom stereocenters. The molecule has 0 spiro atoms. The Bertz CT molecular complexity index is 626. The van der Waals surface area contributed by atoms with Crippen LogP contribution in [0.3, 0.4) is 0 Å². The zero-order valence-corrected chi connectivity index (χ0v) is 11.6. The standard InChI is InChI=1S/C16H20N2/c1-11-7-8-12-13-6-5-9-17-15(13)18(14(12)10-11)16(2,3)4/h5-9,11H,10H2,1-4H3. The van der Waals surface area contributed by atoms with Gasteiger partial charge in [-0.05, 0) is 45.2 Å². The Morgan fingerprint density at radius 2 is 2.11 bits per heavy atom. The molecule has 0 aliphatic heterocycles. The molecule has 94 valence electrons. The molecule has 0 aromatic carbocycles. The maximum atomic E-state index is 4.61. The van der Waals surface area contributed by atoms with Crippen molar-refractivity contribution >= 4 is 17.1 Å². The van der Waals surface area contributed by atoms with Crippen molar-refractivity contribution in [2.24, 2.45) is 5.92 Å². The van der Waals surface area contributed by atoms with Crippen molar-refractivity contribution in [2.45, 2.75) is 39.7 Å². The van der Waals surface area contributed by atoms with E-state index in [9.17, 15) is 0 Å². The van der Waals surface area contributed by atoms with Gasteiger partial charge >= 0.3 is 0 Å². The van der Waals surface area contributed by atoms with Gasteiger partial charge in [-0.25, -0.2) is 4.98 Å². The molecule has 2 heterocycles. The SMILES string of the molecule is CC1C=Cc2c(n(C(C)(C)C)c3ncccc23)C1. The Morgan fingerprint density at radius 3 is 2.83 bits per heavy atom. The van der Waals surface area contributed by atoms with Crippen LogP contribution < -0.4 is 0 Å². The van der Waals surface area contributed by atoms with Gasteiger partial charge in [-0.2, -0.15) is 0 Å². The maximum absolute atomic E-state index is 4.61. The van der Waals surface area contributed by atoms with Gasteiger partial charge in [-0.3, -0.25) is 0 Å². The molecule has 0 N–H and O–H groups in total. The summed E-state index contributed by atoms with van der Waals surface area (Å²) in [6, 6.07) is 4.21. The average Bonchev–Trinajstić information content (AvgIpc) is 2.61. The summed E-state index contributed by atoms with van der Waals surface area (Å²) in [5.74, 6) is 0.614. The first-order chi connectivity index (χ1) is 8.48. The first-order valence-corrected chi connectivity index (χ1v) is 6.65. The smallest absolute Gasteiger partial charge is 0.141 e. The highest BCUT2D eigenvalue weighted by atomic mass is 15.1. The third kappa shape index (κ3) is 1.59. The van der Waals surface area contributed by atoms with Gasteiger partial charge in [0.2, 0.25) is 0 Å². The first kappa shape index (κ1) is 11.5. The Hall–Kier alpha value is -1.57. The van der Waals surface area contributed by atoms with Crippen molar-refractivity contribution in [3.63, 3.8) is 0 Å². The van der Waals surface area contributed by atoms with E-state index in [1.54, 1.807) is 0 Å². The van der Waals surface area contributed by atoms with E-state index in [-0.39, 0.29) is 5.54 Å². The number of hydrogen-bond donors (Lipinski definition) is 0. The molecule has 0 saturated heterocycles. The van der Waals surface area contributed by atoms with E-state index in [2.05, 4.69) is 55.5 Å². The molecule has 2 aromatic rings. The van der Waals surface area contributed by atoms with Gasteiger partial charge in [0, 0.05) is 28.4 Å². The van der Waals surface area contributed by atoms with Crippen LogP contribution in [0.2, 0.25) is 0 Å². The summed E-state index contributed by atoms with van der Waals surface area (Å²) >= 11 is 0. The summed E-state index contributed by atoms with van der Waals surface area (Å²) in [4.78, 5) is 4.61. The van der Waals surface area contributed by atoms with Crippen LogP contribution in [-0.2, 0) is 12.0 Å². The summed E-state index contributed by atoms with van der Waals surface area (Å²) in [6.45, 7) is 9.04. The Morgan fingerprint density at radius 1 is 1.33 bits per heavy atom. The van der Waals surface area contributed by atoms with Crippen LogP contribution >= 0.6 is 0 Å². The molecule has 2 aromatic heterocycles. The fraction of sp³-hybridized carbons (Fsp3) is 0.438. The molecule has 0 bridgehead atoms. The quantitative estimate of drug-likeness (QED) is 0.680. The van der Waals surface area contributed by atoms with Gasteiger partial charge in [0.05, 0.1) is 0 Å². The first-order valence-electron chi connectivity index (χ1n) is 6.65. The van der Waals surface area contributed by atoms with Gasteiger partial charge < -0.3 is 4.57 Å². The predicted octanol–water partition coefficient (Wildman–Crippen LogP) is 4.00. The monoisotopic (exact) mass is 240 g/mol. The highest BCUT2D eigenvalue weighted by molar-refractivity contribution is 5.89. The molecule has 1 atom stereocenters. The Labute approximate surface area is 108 Å². The van der Waals surface area contributed by atoms with E-state index in [1.807, 2.05) is 12.3 Å². The summed E-state index contributed by atoms with van der Waals surface area (Å²) in [6.07, 6.45) is 7.58. The summed E-state index contributed by atoms with van der Waals surface area (Å²) in [7, 11) is 0. The lowest BCUT2D eigenvalue weighted by atomic mass is 9.94. The molecule has 2 nitrogen and oxygen atoms in total. The Balaban J connectivity index is 2.41. The minimum atomic E-state index is 0.0745. The van der Waals surface area contributed by atoms with Gasteiger partial charge in [0.25, 0.3) is 0 Å². The molecule has 18 heavy (non-hydrogen) atoms. The summed E-state index contributed by atoms with van der Waals surface area (Å²) in [5.41, 5.74) is 4.00. The second kappa shape index (κ2) is 3.71. The number of nitrogens with zero attached hydrogens (tertiary/aromatic N) is 2. The predicted molar refractivity (Wildman–Crippen MR) is 76.6 cm³/mol. The van der Waals surface area contributed by atoms with E-state index < -0.39 is 0 Å². The fourth-order valence-corrected chi connectivity index (χ4v) is 2.93. The van der Waals surface area contributed by atoms with Gasteiger partial charge in [-0.15, -0.1) is 0 Å². The van der Waals surface area contributed by atoms with Crippen LogP contribution in [0.4, 0.5) is 0 Å². The summed E-state index contributed by atoms with van der Waals surface area (Å²) in [5, 5.41) is 1.28. The second-order valence-electron chi connectivity index (χ2n) is 6.28.